The lowest BCUT2D eigenvalue weighted by molar-refractivity contribution is 0.0953. The van der Waals surface area contributed by atoms with Gasteiger partial charge in [0.1, 0.15) is 5.75 Å². The number of nitrogens with zero attached hydrogens (tertiary/aromatic N) is 2. The normalized spacial score (nSPS) is 16.0. The minimum atomic E-state index is 0.153. The summed E-state index contributed by atoms with van der Waals surface area (Å²) in [6.07, 6.45) is 1.39. The molecular weight excluding hydrogens is 350 g/mol. The number of nitrogens with one attached hydrogen (secondary N) is 1. The van der Waals surface area contributed by atoms with E-state index >= 15 is 0 Å². The first-order chi connectivity index (χ1) is 13.4. The maximum Gasteiger partial charge on any atom is 0.168 e. The third kappa shape index (κ3) is 3.40. The highest BCUT2D eigenvalue weighted by Crippen LogP contribution is 2.34. The molecule has 1 aliphatic rings. The first kappa shape index (κ1) is 18.3. The van der Waals surface area contributed by atoms with Gasteiger partial charge in [-0.05, 0) is 73.7 Å². The fourth-order valence-corrected chi connectivity index (χ4v) is 3.96. The van der Waals surface area contributed by atoms with E-state index in [2.05, 4.69) is 44.3 Å². The minimum Gasteiger partial charge on any atom is -0.497 e. The van der Waals surface area contributed by atoms with Crippen LogP contribution >= 0.6 is 0 Å². The van der Waals surface area contributed by atoms with Crippen molar-refractivity contribution in [2.24, 2.45) is 5.92 Å². The molecule has 5 nitrogen and oxygen atoms in total. The Labute approximate surface area is 165 Å². The van der Waals surface area contributed by atoms with Crippen LogP contribution in [0.2, 0.25) is 0 Å². The molecule has 2 aromatic carbocycles. The minimum absolute atomic E-state index is 0.153. The summed E-state index contributed by atoms with van der Waals surface area (Å²) in [5.74, 6) is 1.89. The van der Waals surface area contributed by atoms with Crippen molar-refractivity contribution in [3.05, 3.63) is 64.8 Å². The number of methoxy groups -OCH3 is 1. The molecule has 28 heavy (non-hydrogen) atoms. The molecule has 0 aliphatic heterocycles. The van der Waals surface area contributed by atoms with Gasteiger partial charge in [0.2, 0.25) is 0 Å². The van der Waals surface area contributed by atoms with Crippen LogP contribution in [0.15, 0.2) is 42.5 Å². The summed E-state index contributed by atoms with van der Waals surface area (Å²) in [4.78, 5) is 12.9. The van der Waals surface area contributed by atoms with E-state index < -0.39 is 0 Å². The molecule has 0 bridgehead atoms. The number of ketones is 1. The first-order valence-electron chi connectivity index (χ1n) is 9.59. The highest BCUT2D eigenvalue weighted by molar-refractivity contribution is 6.03. The Hall–Kier alpha value is -3.08. The van der Waals surface area contributed by atoms with Crippen LogP contribution in [0.5, 0.6) is 5.75 Å². The van der Waals surface area contributed by atoms with Gasteiger partial charge in [-0.25, -0.2) is 4.68 Å². The van der Waals surface area contributed by atoms with Crippen LogP contribution in [0, 0.1) is 19.8 Å². The molecule has 144 valence electrons. The van der Waals surface area contributed by atoms with Gasteiger partial charge in [-0.3, -0.25) is 4.79 Å². The van der Waals surface area contributed by atoms with Crippen LogP contribution in [-0.2, 0) is 6.42 Å². The van der Waals surface area contributed by atoms with Gasteiger partial charge in [-0.15, -0.1) is 5.10 Å². The number of aromatic nitrogens is 2. The number of carbonyl (C=O) groups is 1. The number of rotatable bonds is 4. The van der Waals surface area contributed by atoms with Crippen molar-refractivity contribution >= 4 is 17.3 Å². The number of Topliss-reactive ketones (excluding diaryl/α,β-unsaturated/α-hetero) is 1. The van der Waals surface area contributed by atoms with Gasteiger partial charge in [-0.2, -0.15) is 0 Å². The topological polar surface area (TPSA) is 56.1 Å². The molecule has 1 aromatic heterocycles. The summed E-state index contributed by atoms with van der Waals surface area (Å²) in [6.45, 7) is 6.25. The molecule has 0 saturated carbocycles. The standard InChI is InChI=1S/C23H25N3O2/c1-14-9-15(2)11-17(10-14)24-23-22-20(12-16(3)13-21(22)27)26(25-23)18-5-7-19(28-4)8-6-18/h5-11,16H,12-13H2,1-4H3,(H,24,25)/t16-/m0/s1. The molecule has 3 aromatic rings. The Morgan fingerprint density at radius 1 is 1.07 bits per heavy atom. The van der Waals surface area contributed by atoms with Crippen molar-refractivity contribution in [2.75, 3.05) is 12.4 Å². The Kier molecular flexibility index (Phi) is 4.67. The Bertz CT molecular complexity index is 1010. The van der Waals surface area contributed by atoms with E-state index in [0.717, 1.165) is 29.2 Å². The summed E-state index contributed by atoms with van der Waals surface area (Å²) < 4.78 is 7.16. The lowest BCUT2D eigenvalue weighted by atomic mass is 9.87. The first-order valence-corrected chi connectivity index (χ1v) is 9.59. The molecule has 1 heterocycles. The number of carbonyl (C=O) groups excluding carboxylic acids is 1. The Morgan fingerprint density at radius 3 is 2.39 bits per heavy atom. The van der Waals surface area contributed by atoms with E-state index in [4.69, 9.17) is 9.84 Å². The average molecular weight is 375 g/mol. The predicted molar refractivity (Wildman–Crippen MR) is 111 cm³/mol. The third-order valence-corrected chi connectivity index (χ3v) is 5.14. The van der Waals surface area contributed by atoms with E-state index in [1.807, 2.05) is 28.9 Å². The van der Waals surface area contributed by atoms with Crippen LogP contribution in [0.25, 0.3) is 5.69 Å². The summed E-state index contributed by atoms with van der Waals surface area (Å²) in [6, 6.07) is 14.0. The van der Waals surface area contributed by atoms with Crippen LogP contribution in [0.3, 0.4) is 0 Å². The molecular formula is C23H25N3O2. The van der Waals surface area contributed by atoms with Crippen LogP contribution in [0.4, 0.5) is 11.5 Å². The quantitative estimate of drug-likeness (QED) is 0.697. The molecule has 0 amide bonds. The van der Waals surface area contributed by atoms with Gasteiger partial charge in [0.25, 0.3) is 0 Å². The Balaban J connectivity index is 1.81. The van der Waals surface area contributed by atoms with Crippen molar-refractivity contribution < 1.29 is 9.53 Å². The zero-order chi connectivity index (χ0) is 19.8. The monoisotopic (exact) mass is 375 g/mol. The maximum atomic E-state index is 12.9. The zero-order valence-corrected chi connectivity index (χ0v) is 16.7. The van der Waals surface area contributed by atoms with E-state index in [-0.39, 0.29) is 5.78 Å². The van der Waals surface area contributed by atoms with E-state index in [1.54, 1.807) is 7.11 Å². The van der Waals surface area contributed by atoms with Crippen LogP contribution in [0.1, 0.15) is 40.5 Å². The summed E-state index contributed by atoms with van der Waals surface area (Å²) in [5.41, 5.74) is 5.91. The molecule has 0 unspecified atom stereocenters. The molecule has 0 radical (unpaired) electrons. The van der Waals surface area contributed by atoms with Crippen molar-refractivity contribution in [3.63, 3.8) is 0 Å². The molecule has 0 saturated heterocycles. The molecule has 5 heteroatoms. The van der Waals surface area contributed by atoms with Crippen molar-refractivity contribution in [2.45, 2.75) is 33.6 Å². The third-order valence-electron chi connectivity index (χ3n) is 5.14. The largest absolute Gasteiger partial charge is 0.497 e. The molecule has 0 fully saturated rings. The average Bonchev–Trinajstić information content (AvgIpc) is 2.99. The number of aryl methyl sites for hydroxylation is 2. The molecule has 1 atom stereocenters. The lowest BCUT2D eigenvalue weighted by Crippen LogP contribution is -2.19. The smallest absolute Gasteiger partial charge is 0.168 e. The Morgan fingerprint density at radius 2 is 1.75 bits per heavy atom. The summed E-state index contributed by atoms with van der Waals surface area (Å²) in [5, 5.41) is 8.20. The van der Waals surface area contributed by atoms with Crippen LogP contribution < -0.4 is 10.1 Å². The molecule has 1 N–H and O–H groups in total. The number of benzene rings is 2. The number of fused-ring (bicyclic) bond motifs is 1. The van der Waals surface area contributed by atoms with Gasteiger partial charge < -0.3 is 10.1 Å². The van der Waals surface area contributed by atoms with E-state index in [9.17, 15) is 4.79 Å². The van der Waals surface area contributed by atoms with Crippen LogP contribution in [-0.4, -0.2) is 22.7 Å². The lowest BCUT2D eigenvalue weighted by Gasteiger charge is -2.19. The van der Waals surface area contributed by atoms with Gasteiger partial charge in [-0.1, -0.05) is 13.0 Å². The zero-order valence-electron chi connectivity index (χ0n) is 16.7. The highest BCUT2D eigenvalue weighted by Gasteiger charge is 2.31. The SMILES string of the molecule is COc1ccc(-n2nc(Nc3cc(C)cc(C)c3)c3c2C[C@H](C)CC3=O)cc1. The van der Waals surface area contributed by atoms with E-state index in [1.165, 1.54) is 11.1 Å². The fraction of sp³-hybridized carbons (Fsp3) is 0.304. The second-order valence-corrected chi connectivity index (χ2v) is 7.72. The van der Waals surface area contributed by atoms with Crippen molar-refractivity contribution in [3.8, 4) is 11.4 Å². The van der Waals surface area contributed by atoms with Crippen molar-refractivity contribution in [1.82, 2.24) is 9.78 Å². The van der Waals surface area contributed by atoms with Crippen molar-refractivity contribution in [1.29, 1.82) is 0 Å². The molecule has 4 rings (SSSR count). The second kappa shape index (κ2) is 7.15. The maximum absolute atomic E-state index is 12.9. The van der Waals surface area contributed by atoms with Gasteiger partial charge in [0.05, 0.1) is 24.1 Å². The predicted octanol–water partition coefficient (Wildman–Crippen LogP) is 5.01. The highest BCUT2D eigenvalue weighted by atomic mass is 16.5. The van der Waals surface area contributed by atoms with Gasteiger partial charge in [0, 0.05) is 12.1 Å². The van der Waals surface area contributed by atoms with Gasteiger partial charge >= 0.3 is 0 Å². The molecule has 1 aliphatic carbocycles. The summed E-state index contributed by atoms with van der Waals surface area (Å²) in [7, 11) is 1.65. The fourth-order valence-electron chi connectivity index (χ4n) is 3.96. The number of hydrogen-bond donors (Lipinski definition) is 1. The summed E-state index contributed by atoms with van der Waals surface area (Å²) >= 11 is 0. The number of anilines is 2. The van der Waals surface area contributed by atoms with E-state index in [0.29, 0.717) is 23.7 Å². The van der Waals surface area contributed by atoms with Gasteiger partial charge in [0.15, 0.2) is 11.6 Å². The second-order valence-electron chi connectivity index (χ2n) is 7.72. The number of ether oxygens (including phenoxy) is 1. The molecule has 0 spiro atoms. The number of hydrogen-bond acceptors (Lipinski definition) is 4.